The van der Waals surface area contributed by atoms with Crippen LogP contribution in [-0.4, -0.2) is 21.3 Å². The lowest BCUT2D eigenvalue weighted by Gasteiger charge is -2.00. The molecule has 6 nitrogen and oxygen atoms in total. The van der Waals surface area contributed by atoms with Gasteiger partial charge in [-0.15, -0.1) is 0 Å². The van der Waals surface area contributed by atoms with Crippen molar-refractivity contribution in [1.82, 2.24) is 14.8 Å². The average molecular weight is 226 g/mol. The van der Waals surface area contributed by atoms with E-state index in [1.165, 1.54) is 6.33 Å². The van der Waals surface area contributed by atoms with E-state index in [0.717, 1.165) is 11.3 Å². The first-order chi connectivity index (χ1) is 8.40. The Kier molecular flexibility index (Phi) is 3.52. The van der Waals surface area contributed by atoms with Gasteiger partial charge in [-0.25, -0.2) is 9.67 Å². The zero-order valence-corrected chi connectivity index (χ0v) is 9.01. The fraction of sp³-hybridized carbons (Fsp3) is 0.0909. The summed E-state index contributed by atoms with van der Waals surface area (Å²) in [4.78, 5) is 6.55. The van der Waals surface area contributed by atoms with Crippen LogP contribution < -0.4 is 0 Å². The highest BCUT2D eigenvalue weighted by Gasteiger charge is 1.95. The Labute approximate surface area is 97.9 Å². The molecular weight excluding hydrogens is 216 g/mol. The van der Waals surface area contributed by atoms with Gasteiger partial charge in [0, 0.05) is 11.5 Å². The maximum Gasteiger partial charge on any atom is 0.138 e. The fourth-order valence-corrected chi connectivity index (χ4v) is 1.35. The highest BCUT2D eigenvalue weighted by molar-refractivity contribution is 5.51. The number of benzene rings is 1. The maximum absolute atomic E-state index is 8.11. The molecule has 1 aromatic heterocycles. The fourth-order valence-electron chi connectivity index (χ4n) is 1.35. The van der Waals surface area contributed by atoms with Gasteiger partial charge < -0.3 is 0 Å². The van der Waals surface area contributed by atoms with E-state index in [1.807, 2.05) is 36.4 Å². The van der Waals surface area contributed by atoms with Crippen molar-refractivity contribution in [2.24, 2.45) is 5.11 Å². The van der Waals surface area contributed by atoms with Crippen LogP contribution in [0.1, 0.15) is 5.56 Å². The van der Waals surface area contributed by atoms with Crippen molar-refractivity contribution < 1.29 is 0 Å². The quantitative estimate of drug-likeness (QED) is 0.456. The van der Waals surface area contributed by atoms with Crippen LogP contribution in [0.3, 0.4) is 0 Å². The van der Waals surface area contributed by atoms with E-state index < -0.39 is 0 Å². The minimum Gasteiger partial charge on any atom is -0.223 e. The summed E-state index contributed by atoms with van der Waals surface area (Å²) in [6.45, 7) is 0.362. The van der Waals surface area contributed by atoms with Gasteiger partial charge in [-0.05, 0) is 23.2 Å². The number of aromatic nitrogens is 3. The van der Waals surface area contributed by atoms with Gasteiger partial charge in [-0.3, -0.25) is 0 Å². The second-order valence-corrected chi connectivity index (χ2v) is 3.25. The van der Waals surface area contributed by atoms with Gasteiger partial charge in [0.25, 0.3) is 0 Å². The average Bonchev–Trinajstić information content (AvgIpc) is 2.89. The van der Waals surface area contributed by atoms with E-state index in [0.29, 0.717) is 6.54 Å². The lowest BCUT2D eigenvalue weighted by atomic mass is 10.2. The van der Waals surface area contributed by atoms with Crippen molar-refractivity contribution in [3.05, 3.63) is 59.0 Å². The standard InChI is InChI=1S/C11H10N6/c12-16-14-7-1-2-10-3-5-11(6-4-10)17-9-13-8-15-17/h1-6,8-9H,7H2. The first-order valence-corrected chi connectivity index (χ1v) is 5.02. The molecule has 84 valence electrons. The normalized spacial score (nSPS) is 10.4. The summed E-state index contributed by atoms with van der Waals surface area (Å²) < 4.78 is 1.69. The second kappa shape index (κ2) is 5.48. The zero-order valence-electron chi connectivity index (χ0n) is 9.01. The minimum absolute atomic E-state index is 0.362. The monoisotopic (exact) mass is 226 g/mol. The topological polar surface area (TPSA) is 79.5 Å². The van der Waals surface area contributed by atoms with Gasteiger partial charge in [0.05, 0.1) is 5.69 Å². The van der Waals surface area contributed by atoms with Crippen LogP contribution in [-0.2, 0) is 0 Å². The molecule has 0 aliphatic rings. The molecule has 0 saturated heterocycles. The van der Waals surface area contributed by atoms with Crippen LogP contribution in [0.15, 0.2) is 48.1 Å². The summed E-state index contributed by atoms with van der Waals surface area (Å²) in [5, 5.41) is 7.45. The minimum atomic E-state index is 0.362. The van der Waals surface area contributed by atoms with Crippen molar-refractivity contribution in [3.63, 3.8) is 0 Å². The Morgan fingerprint density at radius 3 is 2.82 bits per heavy atom. The first-order valence-electron chi connectivity index (χ1n) is 5.02. The van der Waals surface area contributed by atoms with E-state index in [-0.39, 0.29) is 0 Å². The lowest BCUT2D eigenvalue weighted by Crippen LogP contribution is -1.93. The predicted octanol–water partition coefficient (Wildman–Crippen LogP) is 2.59. The number of rotatable bonds is 4. The van der Waals surface area contributed by atoms with Crippen molar-refractivity contribution in [1.29, 1.82) is 0 Å². The van der Waals surface area contributed by atoms with Crippen LogP contribution in [0.4, 0.5) is 0 Å². The Bertz CT molecular complexity index is 534. The Hall–Kier alpha value is -2.59. The first kappa shape index (κ1) is 10.9. The molecule has 0 N–H and O–H groups in total. The number of hydrogen-bond donors (Lipinski definition) is 0. The molecule has 0 aliphatic heterocycles. The number of nitrogens with zero attached hydrogens (tertiary/aromatic N) is 6. The third-order valence-corrected chi connectivity index (χ3v) is 2.14. The predicted molar refractivity (Wildman–Crippen MR) is 64.4 cm³/mol. The molecule has 6 heteroatoms. The Balaban J connectivity index is 2.08. The van der Waals surface area contributed by atoms with Crippen LogP contribution in [0.25, 0.3) is 22.2 Å². The van der Waals surface area contributed by atoms with Crippen molar-refractivity contribution in [3.8, 4) is 5.69 Å². The highest BCUT2D eigenvalue weighted by atomic mass is 15.3. The van der Waals surface area contributed by atoms with Gasteiger partial charge in [0.1, 0.15) is 12.7 Å². The summed E-state index contributed by atoms with van der Waals surface area (Å²) in [6, 6.07) is 7.82. The van der Waals surface area contributed by atoms with Crippen LogP contribution in [0.5, 0.6) is 0 Å². The Morgan fingerprint density at radius 1 is 1.35 bits per heavy atom. The molecular formula is C11H10N6. The summed E-state index contributed by atoms with van der Waals surface area (Å²) in [6.07, 6.45) is 6.85. The SMILES string of the molecule is [N-]=[N+]=NCC=Cc1ccc(-n2cncn2)cc1. The number of azide groups is 1. The third kappa shape index (κ3) is 2.93. The van der Waals surface area contributed by atoms with Crippen LogP contribution in [0.2, 0.25) is 0 Å². The molecule has 0 bridgehead atoms. The van der Waals surface area contributed by atoms with E-state index in [4.69, 9.17) is 5.53 Å². The Morgan fingerprint density at radius 2 is 2.18 bits per heavy atom. The highest BCUT2D eigenvalue weighted by Crippen LogP contribution is 2.09. The summed E-state index contributed by atoms with van der Waals surface area (Å²) in [5.41, 5.74) is 10.1. The van der Waals surface area contributed by atoms with E-state index in [9.17, 15) is 0 Å². The largest absolute Gasteiger partial charge is 0.223 e. The molecule has 1 aromatic carbocycles. The van der Waals surface area contributed by atoms with Gasteiger partial charge in [-0.2, -0.15) is 5.10 Å². The molecule has 0 amide bonds. The molecule has 0 radical (unpaired) electrons. The molecule has 0 saturated carbocycles. The van der Waals surface area contributed by atoms with E-state index in [2.05, 4.69) is 20.1 Å². The maximum atomic E-state index is 8.11. The summed E-state index contributed by atoms with van der Waals surface area (Å²) >= 11 is 0. The summed E-state index contributed by atoms with van der Waals surface area (Å²) in [5.74, 6) is 0. The molecule has 2 rings (SSSR count). The smallest absolute Gasteiger partial charge is 0.138 e. The molecule has 1 heterocycles. The van der Waals surface area contributed by atoms with E-state index in [1.54, 1.807) is 11.0 Å². The lowest BCUT2D eigenvalue weighted by molar-refractivity contribution is 0.879. The van der Waals surface area contributed by atoms with Crippen LogP contribution >= 0.6 is 0 Å². The van der Waals surface area contributed by atoms with Crippen LogP contribution in [0, 0.1) is 0 Å². The molecule has 0 atom stereocenters. The third-order valence-electron chi connectivity index (χ3n) is 2.14. The summed E-state index contributed by atoms with van der Waals surface area (Å²) in [7, 11) is 0. The molecule has 0 fully saturated rings. The molecule has 0 aliphatic carbocycles. The molecule has 17 heavy (non-hydrogen) atoms. The van der Waals surface area contributed by atoms with Gasteiger partial charge in [0.15, 0.2) is 0 Å². The van der Waals surface area contributed by atoms with E-state index >= 15 is 0 Å². The van der Waals surface area contributed by atoms with Crippen molar-refractivity contribution >= 4 is 6.08 Å². The molecule has 2 aromatic rings. The van der Waals surface area contributed by atoms with Gasteiger partial charge >= 0.3 is 0 Å². The van der Waals surface area contributed by atoms with Crippen molar-refractivity contribution in [2.45, 2.75) is 0 Å². The van der Waals surface area contributed by atoms with Crippen molar-refractivity contribution in [2.75, 3.05) is 6.54 Å². The molecule has 0 spiro atoms. The number of hydrogen-bond acceptors (Lipinski definition) is 3. The van der Waals surface area contributed by atoms with Gasteiger partial charge in [0.2, 0.25) is 0 Å². The van der Waals surface area contributed by atoms with Gasteiger partial charge in [-0.1, -0.05) is 29.4 Å². The molecule has 0 unspecified atom stereocenters. The second-order valence-electron chi connectivity index (χ2n) is 3.25. The zero-order chi connectivity index (χ0) is 11.9.